The molecule has 3 rings (SSSR count). The number of thioether (sulfide) groups is 1. The Bertz CT molecular complexity index is 795. The highest BCUT2D eigenvalue weighted by atomic mass is 35.5. The van der Waals surface area contributed by atoms with Crippen molar-refractivity contribution in [2.45, 2.75) is 46.0 Å². The summed E-state index contributed by atoms with van der Waals surface area (Å²) in [6.45, 7) is 4.31. The lowest BCUT2D eigenvalue weighted by molar-refractivity contribution is 0.685. The molecular formula is C22H26ClNS. The first kappa shape index (κ1) is 18.4. The number of rotatable bonds is 5. The van der Waals surface area contributed by atoms with Gasteiger partial charge in [0.25, 0.3) is 0 Å². The lowest BCUT2D eigenvalue weighted by Gasteiger charge is -2.16. The SMILES string of the molecule is C/C(=C\SCCc1cc(Cl)c(N)cc1C)c1ccc2c(c1)CCCC2. The van der Waals surface area contributed by atoms with E-state index in [2.05, 4.69) is 37.5 Å². The maximum atomic E-state index is 6.14. The van der Waals surface area contributed by atoms with E-state index in [-0.39, 0.29) is 0 Å². The van der Waals surface area contributed by atoms with Crippen LogP contribution in [0.2, 0.25) is 5.02 Å². The molecule has 2 aromatic carbocycles. The van der Waals surface area contributed by atoms with Crippen LogP contribution in [0.15, 0.2) is 35.7 Å². The average Bonchev–Trinajstić information content (AvgIpc) is 2.62. The number of hydrogen-bond donors (Lipinski definition) is 1. The molecule has 25 heavy (non-hydrogen) atoms. The van der Waals surface area contributed by atoms with Crippen LogP contribution in [0.1, 0.15) is 47.6 Å². The van der Waals surface area contributed by atoms with Crippen molar-refractivity contribution in [3.05, 3.63) is 68.6 Å². The maximum Gasteiger partial charge on any atom is 0.0638 e. The number of halogens is 1. The van der Waals surface area contributed by atoms with Crippen LogP contribution in [-0.4, -0.2) is 5.75 Å². The number of fused-ring (bicyclic) bond motifs is 1. The highest BCUT2D eigenvalue weighted by Gasteiger charge is 2.10. The maximum absolute atomic E-state index is 6.14. The van der Waals surface area contributed by atoms with Gasteiger partial charge in [-0.2, -0.15) is 0 Å². The molecule has 2 aromatic rings. The van der Waals surface area contributed by atoms with Crippen molar-refractivity contribution in [3.8, 4) is 0 Å². The van der Waals surface area contributed by atoms with Gasteiger partial charge in [0.2, 0.25) is 0 Å². The Labute approximate surface area is 160 Å². The van der Waals surface area contributed by atoms with E-state index in [0.29, 0.717) is 10.7 Å². The molecule has 0 radical (unpaired) electrons. The molecule has 0 bridgehead atoms. The first-order valence-electron chi connectivity index (χ1n) is 8.99. The smallest absolute Gasteiger partial charge is 0.0638 e. The first-order valence-corrected chi connectivity index (χ1v) is 10.4. The Morgan fingerprint density at radius 3 is 2.72 bits per heavy atom. The fourth-order valence-electron chi connectivity index (χ4n) is 3.41. The highest BCUT2D eigenvalue weighted by Crippen LogP contribution is 2.27. The molecule has 0 heterocycles. The highest BCUT2D eigenvalue weighted by molar-refractivity contribution is 8.02. The van der Waals surface area contributed by atoms with Crippen LogP contribution < -0.4 is 5.73 Å². The van der Waals surface area contributed by atoms with Gasteiger partial charge in [-0.05, 0) is 96.9 Å². The summed E-state index contributed by atoms with van der Waals surface area (Å²) in [6.07, 6.45) is 6.16. The zero-order valence-corrected chi connectivity index (χ0v) is 16.6. The minimum Gasteiger partial charge on any atom is -0.398 e. The molecule has 0 atom stereocenters. The minimum absolute atomic E-state index is 0.659. The predicted octanol–water partition coefficient (Wildman–Crippen LogP) is 6.45. The summed E-state index contributed by atoms with van der Waals surface area (Å²) in [5.41, 5.74) is 14.8. The summed E-state index contributed by atoms with van der Waals surface area (Å²) in [5, 5.41) is 2.95. The fourth-order valence-corrected chi connectivity index (χ4v) is 4.44. The Kier molecular flexibility index (Phi) is 6.14. The molecule has 0 aliphatic heterocycles. The molecule has 2 N–H and O–H groups in total. The van der Waals surface area contributed by atoms with Gasteiger partial charge >= 0.3 is 0 Å². The monoisotopic (exact) mass is 371 g/mol. The second-order valence-corrected chi connectivity index (χ2v) is 8.30. The summed E-state index contributed by atoms with van der Waals surface area (Å²) in [4.78, 5) is 0. The number of anilines is 1. The second-order valence-electron chi connectivity index (χ2n) is 6.91. The molecule has 1 nitrogen and oxygen atoms in total. The molecule has 1 aliphatic rings. The van der Waals surface area contributed by atoms with Gasteiger partial charge in [-0.25, -0.2) is 0 Å². The van der Waals surface area contributed by atoms with Crippen molar-refractivity contribution in [3.63, 3.8) is 0 Å². The summed E-state index contributed by atoms with van der Waals surface area (Å²) in [6, 6.07) is 11.0. The molecular weight excluding hydrogens is 346 g/mol. The molecule has 0 fully saturated rings. The topological polar surface area (TPSA) is 26.0 Å². The summed E-state index contributed by atoms with van der Waals surface area (Å²) in [5.74, 6) is 1.05. The molecule has 0 saturated carbocycles. The van der Waals surface area contributed by atoms with E-state index in [9.17, 15) is 0 Å². The van der Waals surface area contributed by atoms with Crippen LogP contribution in [0.25, 0.3) is 5.57 Å². The average molecular weight is 372 g/mol. The van der Waals surface area contributed by atoms with E-state index >= 15 is 0 Å². The molecule has 0 spiro atoms. The predicted molar refractivity (Wildman–Crippen MR) is 113 cm³/mol. The van der Waals surface area contributed by atoms with Crippen molar-refractivity contribution >= 4 is 34.6 Å². The number of benzene rings is 2. The molecule has 3 heteroatoms. The Morgan fingerprint density at radius 1 is 1.16 bits per heavy atom. The van der Waals surface area contributed by atoms with Gasteiger partial charge in [-0.15, -0.1) is 11.8 Å². The second kappa shape index (κ2) is 8.33. The van der Waals surface area contributed by atoms with Crippen LogP contribution in [-0.2, 0) is 19.3 Å². The van der Waals surface area contributed by atoms with Gasteiger partial charge in [0.05, 0.1) is 10.7 Å². The minimum atomic E-state index is 0.659. The lowest BCUT2D eigenvalue weighted by atomic mass is 9.89. The van der Waals surface area contributed by atoms with Crippen molar-refractivity contribution in [2.75, 3.05) is 11.5 Å². The largest absolute Gasteiger partial charge is 0.398 e. The molecule has 0 unspecified atom stereocenters. The lowest BCUT2D eigenvalue weighted by Crippen LogP contribution is -2.02. The van der Waals surface area contributed by atoms with Crippen LogP contribution in [0.3, 0.4) is 0 Å². The van der Waals surface area contributed by atoms with Crippen molar-refractivity contribution < 1.29 is 0 Å². The summed E-state index contributed by atoms with van der Waals surface area (Å²) in [7, 11) is 0. The van der Waals surface area contributed by atoms with Gasteiger partial charge in [-0.3, -0.25) is 0 Å². The third-order valence-electron chi connectivity index (χ3n) is 5.01. The Hall–Kier alpha value is -1.38. The summed E-state index contributed by atoms with van der Waals surface area (Å²) < 4.78 is 0. The number of hydrogen-bond acceptors (Lipinski definition) is 2. The quantitative estimate of drug-likeness (QED) is 0.483. The zero-order chi connectivity index (χ0) is 17.8. The van der Waals surface area contributed by atoms with Gasteiger partial charge in [0.15, 0.2) is 0 Å². The van der Waals surface area contributed by atoms with Gasteiger partial charge in [0, 0.05) is 5.75 Å². The Balaban J connectivity index is 1.60. The van der Waals surface area contributed by atoms with Crippen LogP contribution in [0, 0.1) is 6.92 Å². The van der Waals surface area contributed by atoms with Crippen molar-refractivity contribution in [1.82, 2.24) is 0 Å². The molecule has 0 amide bonds. The molecule has 132 valence electrons. The first-order chi connectivity index (χ1) is 12.0. The summed E-state index contributed by atoms with van der Waals surface area (Å²) >= 11 is 8.01. The fraction of sp³-hybridized carbons (Fsp3) is 0.364. The van der Waals surface area contributed by atoms with E-state index in [1.165, 1.54) is 47.9 Å². The van der Waals surface area contributed by atoms with Gasteiger partial charge in [-0.1, -0.05) is 29.8 Å². The number of aryl methyl sites for hydroxylation is 4. The van der Waals surface area contributed by atoms with Gasteiger partial charge < -0.3 is 5.73 Å². The van der Waals surface area contributed by atoms with Gasteiger partial charge in [0.1, 0.15) is 0 Å². The Morgan fingerprint density at radius 2 is 1.92 bits per heavy atom. The van der Waals surface area contributed by atoms with E-state index in [1.54, 1.807) is 11.1 Å². The molecule has 1 aliphatic carbocycles. The number of nitrogens with two attached hydrogens (primary N) is 1. The van der Waals surface area contributed by atoms with Crippen LogP contribution >= 0.6 is 23.4 Å². The number of allylic oxidation sites excluding steroid dienone is 1. The van der Waals surface area contributed by atoms with E-state index in [4.69, 9.17) is 17.3 Å². The third-order valence-corrected chi connectivity index (χ3v) is 6.30. The number of nitrogen functional groups attached to an aromatic ring is 1. The standard InChI is InChI=1S/C22H26ClNS/c1-15-11-22(24)21(23)13-19(15)9-10-25-14-16(2)18-8-7-17-5-3-4-6-20(17)12-18/h7-8,11-14H,3-6,9-10,24H2,1-2H3/b16-14+. The van der Waals surface area contributed by atoms with Crippen molar-refractivity contribution in [1.29, 1.82) is 0 Å². The van der Waals surface area contributed by atoms with E-state index in [0.717, 1.165) is 12.2 Å². The van der Waals surface area contributed by atoms with Crippen LogP contribution in [0.4, 0.5) is 5.69 Å². The van der Waals surface area contributed by atoms with Crippen molar-refractivity contribution in [2.24, 2.45) is 0 Å². The third kappa shape index (κ3) is 4.62. The van der Waals surface area contributed by atoms with Crippen LogP contribution in [0.5, 0.6) is 0 Å². The molecule has 0 saturated heterocycles. The van der Waals surface area contributed by atoms with E-state index in [1.807, 2.05) is 23.9 Å². The molecule has 0 aromatic heterocycles. The normalized spacial score (nSPS) is 14.4. The van der Waals surface area contributed by atoms with E-state index < -0.39 is 0 Å². The zero-order valence-electron chi connectivity index (χ0n) is 15.1.